The van der Waals surface area contributed by atoms with Crippen LogP contribution in [0.2, 0.25) is 0 Å². The molecule has 0 spiro atoms. The topological polar surface area (TPSA) is 49.3 Å². The van der Waals surface area contributed by atoms with Gasteiger partial charge in [0.15, 0.2) is 0 Å². The molecule has 0 saturated carbocycles. The summed E-state index contributed by atoms with van der Waals surface area (Å²) in [5.41, 5.74) is -1.09. The van der Waals surface area contributed by atoms with Crippen LogP contribution in [0.1, 0.15) is 124 Å². The Labute approximate surface area is 163 Å². The first-order chi connectivity index (χ1) is 12.5. The van der Waals surface area contributed by atoms with Crippen LogP contribution in [0.4, 0.5) is 0 Å². The molecule has 0 aromatic carbocycles. The zero-order valence-corrected chi connectivity index (χ0v) is 18.2. The predicted octanol–water partition coefficient (Wildman–Crippen LogP) is 6.38. The van der Waals surface area contributed by atoms with Crippen LogP contribution in [0.3, 0.4) is 0 Å². The summed E-state index contributed by atoms with van der Waals surface area (Å²) in [4.78, 5) is 12.1. The van der Waals surface area contributed by atoms with Crippen molar-refractivity contribution >= 4 is 5.78 Å². The first-order valence-corrected chi connectivity index (χ1v) is 11.4. The van der Waals surface area contributed by atoms with E-state index < -0.39 is 5.72 Å². The second-order valence-corrected chi connectivity index (χ2v) is 8.29. The summed E-state index contributed by atoms with van der Waals surface area (Å²) in [5.74, 6) is -0.182. The third-order valence-corrected chi connectivity index (χ3v) is 5.86. The van der Waals surface area contributed by atoms with Crippen molar-refractivity contribution in [1.82, 2.24) is 5.32 Å². The number of ketones is 1. The molecule has 0 heterocycles. The van der Waals surface area contributed by atoms with E-state index in [1.54, 1.807) is 14.0 Å². The highest BCUT2D eigenvalue weighted by molar-refractivity contribution is 5.81. The third-order valence-electron chi connectivity index (χ3n) is 5.86. The summed E-state index contributed by atoms with van der Waals surface area (Å²) in [6.07, 6.45) is 20.6. The quantitative estimate of drug-likeness (QED) is 0.205. The van der Waals surface area contributed by atoms with Crippen LogP contribution in [-0.2, 0) is 4.79 Å². The van der Waals surface area contributed by atoms with Gasteiger partial charge in [-0.25, -0.2) is 0 Å². The van der Waals surface area contributed by atoms with E-state index in [4.69, 9.17) is 0 Å². The number of carbonyl (C=O) groups excluding carboxylic acids is 1. The Kier molecular flexibility index (Phi) is 16.5. The summed E-state index contributed by atoms with van der Waals surface area (Å²) in [6, 6.07) is 0. The normalized spacial score (nSPS) is 15.0. The Hall–Kier alpha value is -0.410. The summed E-state index contributed by atoms with van der Waals surface area (Å²) in [6.45, 7) is 5.75. The fourth-order valence-corrected chi connectivity index (χ4v) is 3.42. The lowest BCUT2D eigenvalue weighted by molar-refractivity contribution is -0.132. The highest BCUT2D eigenvalue weighted by atomic mass is 16.3. The van der Waals surface area contributed by atoms with Crippen molar-refractivity contribution in [3.8, 4) is 0 Å². The van der Waals surface area contributed by atoms with Gasteiger partial charge in [-0.3, -0.25) is 10.1 Å². The van der Waals surface area contributed by atoms with Crippen LogP contribution in [0, 0.1) is 5.92 Å². The minimum absolute atomic E-state index is 0.166. The van der Waals surface area contributed by atoms with Crippen molar-refractivity contribution < 1.29 is 9.90 Å². The molecule has 2 unspecified atom stereocenters. The van der Waals surface area contributed by atoms with E-state index in [9.17, 15) is 9.90 Å². The van der Waals surface area contributed by atoms with Gasteiger partial charge in [-0.2, -0.15) is 0 Å². The molecule has 0 bridgehead atoms. The molecule has 0 aliphatic rings. The van der Waals surface area contributed by atoms with Crippen molar-refractivity contribution in [2.75, 3.05) is 7.05 Å². The van der Waals surface area contributed by atoms with E-state index in [0.717, 1.165) is 12.8 Å². The summed E-state index contributed by atoms with van der Waals surface area (Å²) in [5, 5.41) is 12.9. The summed E-state index contributed by atoms with van der Waals surface area (Å²) in [7, 11) is 1.69. The molecule has 0 amide bonds. The van der Waals surface area contributed by atoms with E-state index in [1.165, 1.54) is 83.5 Å². The Morgan fingerprint density at radius 2 is 1.15 bits per heavy atom. The lowest BCUT2D eigenvalue weighted by atomic mass is 9.91. The smallest absolute Gasteiger partial charge is 0.139 e. The van der Waals surface area contributed by atoms with Crippen molar-refractivity contribution in [3.63, 3.8) is 0 Å². The second kappa shape index (κ2) is 16.7. The van der Waals surface area contributed by atoms with Gasteiger partial charge in [0.05, 0.1) is 5.92 Å². The lowest BCUT2D eigenvalue weighted by Gasteiger charge is -2.28. The van der Waals surface area contributed by atoms with Crippen LogP contribution in [0.15, 0.2) is 0 Å². The van der Waals surface area contributed by atoms with Gasteiger partial charge < -0.3 is 5.11 Å². The van der Waals surface area contributed by atoms with Gasteiger partial charge in [0.25, 0.3) is 0 Å². The van der Waals surface area contributed by atoms with E-state index in [-0.39, 0.29) is 11.7 Å². The molecule has 0 aromatic heterocycles. The van der Waals surface area contributed by atoms with Crippen molar-refractivity contribution in [1.29, 1.82) is 0 Å². The van der Waals surface area contributed by atoms with Crippen molar-refractivity contribution in [3.05, 3.63) is 0 Å². The zero-order chi connectivity index (χ0) is 19.7. The SMILES string of the molecule is CCCCCCCCCCCCCCCCCC(=O)C(C)C(C)(O)NC. The van der Waals surface area contributed by atoms with E-state index in [2.05, 4.69) is 12.2 Å². The molecule has 26 heavy (non-hydrogen) atoms. The minimum Gasteiger partial charge on any atom is -0.375 e. The first kappa shape index (κ1) is 25.6. The minimum atomic E-state index is -1.09. The monoisotopic (exact) mass is 369 g/mol. The van der Waals surface area contributed by atoms with Crippen LogP contribution < -0.4 is 5.32 Å². The van der Waals surface area contributed by atoms with Crippen LogP contribution in [-0.4, -0.2) is 23.7 Å². The average Bonchev–Trinajstić information content (AvgIpc) is 2.64. The molecule has 0 aliphatic heterocycles. The largest absolute Gasteiger partial charge is 0.375 e. The van der Waals surface area contributed by atoms with Gasteiger partial charge in [-0.1, -0.05) is 104 Å². The molecular weight excluding hydrogens is 322 g/mol. The molecule has 2 atom stereocenters. The molecule has 2 N–H and O–H groups in total. The first-order valence-electron chi connectivity index (χ1n) is 11.4. The number of hydrogen-bond donors (Lipinski definition) is 2. The summed E-state index contributed by atoms with van der Waals surface area (Å²) < 4.78 is 0. The maximum absolute atomic E-state index is 12.1. The number of rotatable bonds is 19. The molecule has 3 heteroatoms. The maximum Gasteiger partial charge on any atom is 0.139 e. The maximum atomic E-state index is 12.1. The average molecular weight is 370 g/mol. The molecular formula is C23H47NO2. The molecule has 0 radical (unpaired) electrons. The van der Waals surface area contributed by atoms with Crippen LogP contribution >= 0.6 is 0 Å². The van der Waals surface area contributed by atoms with Crippen LogP contribution in [0.25, 0.3) is 0 Å². The van der Waals surface area contributed by atoms with Gasteiger partial charge in [0.2, 0.25) is 0 Å². The van der Waals surface area contributed by atoms with E-state index in [1.807, 2.05) is 6.92 Å². The van der Waals surface area contributed by atoms with Gasteiger partial charge in [0, 0.05) is 6.42 Å². The Balaban J connectivity index is 3.33. The molecule has 0 rings (SSSR count). The fraction of sp³-hybridized carbons (Fsp3) is 0.957. The van der Waals surface area contributed by atoms with Gasteiger partial charge in [-0.05, 0) is 20.4 Å². The highest BCUT2D eigenvalue weighted by Crippen LogP contribution is 2.18. The van der Waals surface area contributed by atoms with Crippen molar-refractivity contribution in [2.24, 2.45) is 5.92 Å². The van der Waals surface area contributed by atoms with E-state index >= 15 is 0 Å². The third kappa shape index (κ3) is 13.7. The summed E-state index contributed by atoms with van der Waals surface area (Å²) >= 11 is 0. The number of hydrogen-bond acceptors (Lipinski definition) is 3. The fourth-order valence-electron chi connectivity index (χ4n) is 3.42. The number of nitrogens with one attached hydrogen (secondary N) is 1. The van der Waals surface area contributed by atoms with Gasteiger partial charge >= 0.3 is 0 Å². The standard InChI is InChI=1S/C23H47NO2/c1-5-6-7-8-9-10-11-12-13-14-15-16-17-18-19-20-22(25)21(2)23(3,26)24-4/h21,24,26H,5-20H2,1-4H3. The molecule has 156 valence electrons. The molecule has 0 aliphatic carbocycles. The lowest BCUT2D eigenvalue weighted by Crippen LogP contribution is -2.48. The Morgan fingerprint density at radius 3 is 1.50 bits per heavy atom. The highest BCUT2D eigenvalue weighted by Gasteiger charge is 2.31. The zero-order valence-electron chi connectivity index (χ0n) is 18.2. The number of Topliss-reactive ketones (excluding diaryl/α,β-unsaturated/α-hetero) is 1. The Bertz CT molecular complexity index is 328. The molecule has 0 fully saturated rings. The predicted molar refractivity (Wildman–Crippen MR) is 113 cm³/mol. The molecule has 0 aromatic rings. The van der Waals surface area contributed by atoms with Crippen molar-refractivity contribution in [2.45, 2.75) is 129 Å². The van der Waals surface area contributed by atoms with E-state index in [0.29, 0.717) is 6.42 Å². The molecule has 0 saturated heterocycles. The number of unbranched alkanes of at least 4 members (excludes halogenated alkanes) is 14. The Morgan fingerprint density at radius 1 is 0.808 bits per heavy atom. The van der Waals surface area contributed by atoms with Gasteiger partial charge in [0.1, 0.15) is 11.5 Å². The van der Waals surface area contributed by atoms with Crippen LogP contribution in [0.5, 0.6) is 0 Å². The second-order valence-electron chi connectivity index (χ2n) is 8.29. The number of carbonyl (C=O) groups is 1. The molecule has 3 nitrogen and oxygen atoms in total. The number of aliphatic hydroxyl groups is 1. The van der Waals surface area contributed by atoms with Gasteiger partial charge in [-0.15, -0.1) is 0 Å².